The number of nitrogens with zero attached hydrogens (tertiary/aromatic N) is 1. The van der Waals surface area contributed by atoms with Gasteiger partial charge in [-0.1, -0.05) is 6.92 Å². The summed E-state index contributed by atoms with van der Waals surface area (Å²) in [4.78, 5) is 23.6. The molecule has 0 spiro atoms. The first kappa shape index (κ1) is 9.98. The van der Waals surface area contributed by atoms with Crippen LogP contribution in [0.15, 0.2) is 0 Å². The van der Waals surface area contributed by atoms with Crippen LogP contribution in [0.5, 0.6) is 0 Å². The monoisotopic (exact) mass is 186 g/mol. The van der Waals surface area contributed by atoms with Crippen LogP contribution in [0.25, 0.3) is 0 Å². The minimum atomic E-state index is -0.635. The summed E-state index contributed by atoms with van der Waals surface area (Å²) < 4.78 is 5.10. The summed E-state index contributed by atoms with van der Waals surface area (Å²) in [6.07, 6.45) is -0.185. The standard InChI is InChI=1S/C8H14N2O3/c1-2-7(11)10-3-4-13-6(5-10)8(9)12/h6H,2-5H2,1H3,(H2,9,12). The zero-order chi connectivity index (χ0) is 9.84. The van der Waals surface area contributed by atoms with E-state index in [2.05, 4.69) is 0 Å². The Kier molecular flexibility index (Phi) is 3.25. The molecular weight excluding hydrogens is 172 g/mol. The Morgan fingerprint density at radius 2 is 2.31 bits per heavy atom. The molecular formula is C8H14N2O3. The molecule has 0 aromatic rings. The molecule has 1 fully saturated rings. The minimum Gasteiger partial charge on any atom is -0.367 e. The molecule has 1 saturated heterocycles. The lowest BCUT2D eigenvalue weighted by atomic mass is 10.2. The zero-order valence-electron chi connectivity index (χ0n) is 7.66. The number of hydrogen-bond donors (Lipinski definition) is 1. The SMILES string of the molecule is CCC(=O)N1CCOC(C(N)=O)C1. The van der Waals surface area contributed by atoms with Gasteiger partial charge in [0.05, 0.1) is 13.2 Å². The molecule has 0 aromatic heterocycles. The van der Waals surface area contributed by atoms with E-state index in [0.29, 0.717) is 26.1 Å². The van der Waals surface area contributed by atoms with Crippen molar-refractivity contribution < 1.29 is 14.3 Å². The Morgan fingerprint density at radius 3 is 2.85 bits per heavy atom. The summed E-state index contributed by atoms with van der Waals surface area (Å²) in [6, 6.07) is 0. The molecule has 1 rings (SSSR count). The van der Waals surface area contributed by atoms with Crippen molar-refractivity contribution in [2.45, 2.75) is 19.4 Å². The molecule has 1 heterocycles. The predicted octanol–water partition coefficient (Wildman–Crippen LogP) is -0.891. The Hall–Kier alpha value is -1.10. The summed E-state index contributed by atoms with van der Waals surface area (Å²) >= 11 is 0. The predicted molar refractivity (Wildman–Crippen MR) is 45.8 cm³/mol. The summed E-state index contributed by atoms with van der Waals surface area (Å²) in [6.45, 7) is 3.02. The number of carbonyl (C=O) groups is 2. The summed E-state index contributed by atoms with van der Waals surface area (Å²) in [7, 11) is 0. The van der Waals surface area contributed by atoms with E-state index in [0.717, 1.165) is 0 Å². The first-order valence-electron chi connectivity index (χ1n) is 4.33. The number of ether oxygens (including phenoxy) is 1. The van der Waals surface area contributed by atoms with Crippen molar-refractivity contribution in [3.63, 3.8) is 0 Å². The van der Waals surface area contributed by atoms with Crippen molar-refractivity contribution in [3.05, 3.63) is 0 Å². The van der Waals surface area contributed by atoms with Crippen LogP contribution in [0, 0.1) is 0 Å². The van der Waals surface area contributed by atoms with E-state index in [9.17, 15) is 9.59 Å². The number of carbonyl (C=O) groups excluding carboxylic acids is 2. The van der Waals surface area contributed by atoms with Gasteiger partial charge >= 0.3 is 0 Å². The largest absolute Gasteiger partial charge is 0.367 e. The molecule has 1 aliphatic rings. The van der Waals surface area contributed by atoms with E-state index < -0.39 is 12.0 Å². The average molecular weight is 186 g/mol. The quantitative estimate of drug-likeness (QED) is 0.608. The molecule has 1 atom stereocenters. The van der Waals surface area contributed by atoms with E-state index in [1.807, 2.05) is 0 Å². The van der Waals surface area contributed by atoms with Gasteiger partial charge in [0.15, 0.2) is 6.10 Å². The molecule has 74 valence electrons. The highest BCUT2D eigenvalue weighted by molar-refractivity contribution is 5.81. The van der Waals surface area contributed by atoms with Crippen molar-refractivity contribution >= 4 is 11.8 Å². The third-order valence-corrected chi connectivity index (χ3v) is 2.04. The van der Waals surface area contributed by atoms with Crippen LogP contribution in [-0.4, -0.2) is 42.5 Å². The van der Waals surface area contributed by atoms with Crippen molar-refractivity contribution in [3.8, 4) is 0 Å². The highest BCUT2D eigenvalue weighted by Crippen LogP contribution is 2.05. The highest BCUT2D eigenvalue weighted by atomic mass is 16.5. The van der Waals surface area contributed by atoms with Crippen molar-refractivity contribution in [2.24, 2.45) is 5.73 Å². The van der Waals surface area contributed by atoms with E-state index in [-0.39, 0.29) is 5.91 Å². The Labute approximate surface area is 76.8 Å². The van der Waals surface area contributed by atoms with Crippen LogP contribution in [-0.2, 0) is 14.3 Å². The fraction of sp³-hybridized carbons (Fsp3) is 0.750. The number of nitrogens with two attached hydrogens (primary N) is 1. The van der Waals surface area contributed by atoms with Crippen molar-refractivity contribution in [2.75, 3.05) is 19.7 Å². The first-order valence-corrected chi connectivity index (χ1v) is 4.33. The van der Waals surface area contributed by atoms with Crippen molar-refractivity contribution in [1.29, 1.82) is 0 Å². The summed E-state index contributed by atoms with van der Waals surface area (Å²) in [5, 5.41) is 0. The van der Waals surface area contributed by atoms with Crippen LogP contribution >= 0.6 is 0 Å². The van der Waals surface area contributed by atoms with Gasteiger partial charge in [-0.2, -0.15) is 0 Å². The maximum Gasteiger partial charge on any atom is 0.248 e. The van der Waals surface area contributed by atoms with Gasteiger partial charge < -0.3 is 15.4 Å². The Bertz CT molecular complexity index is 217. The second kappa shape index (κ2) is 4.23. The van der Waals surface area contributed by atoms with Gasteiger partial charge in [-0.15, -0.1) is 0 Å². The Morgan fingerprint density at radius 1 is 1.62 bits per heavy atom. The molecule has 1 unspecified atom stereocenters. The normalized spacial score (nSPS) is 22.8. The number of morpholine rings is 1. The molecule has 5 nitrogen and oxygen atoms in total. The van der Waals surface area contributed by atoms with Crippen LogP contribution < -0.4 is 5.73 Å². The molecule has 2 amide bonds. The lowest BCUT2D eigenvalue weighted by molar-refractivity contribution is -0.145. The number of amides is 2. The lowest BCUT2D eigenvalue weighted by Crippen LogP contribution is -2.50. The molecule has 2 N–H and O–H groups in total. The van der Waals surface area contributed by atoms with Crippen LogP contribution in [0.1, 0.15) is 13.3 Å². The van der Waals surface area contributed by atoms with E-state index >= 15 is 0 Å². The fourth-order valence-electron chi connectivity index (χ4n) is 1.27. The van der Waals surface area contributed by atoms with Gasteiger partial charge in [0.25, 0.3) is 0 Å². The van der Waals surface area contributed by atoms with E-state index in [4.69, 9.17) is 10.5 Å². The van der Waals surface area contributed by atoms with Crippen LogP contribution in [0.3, 0.4) is 0 Å². The van der Waals surface area contributed by atoms with Gasteiger partial charge in [-0.05, 0) is 0 Å². The minimum absolute atomic E-state index is 0.0366. The number of primary amides is 1. The molecule has 0 aromatic carbocycles. The zero-order valence-corrected chi connectivity index (χ0v) is 7.66. The second-order valence-electron chi connectivity index (χ2n) is 2.96. The average Bonchev–Trinajstić information content (AvgIpc) is 2.17. The number of hydrogen-bond acceptors (Lipinski definition) is 3. The molecule has 0 bridgehead atoms. The number of rotatable bonds is 2. The highest BCUT2D eigenvalue weighted by Gasteiger charge is 2.26. The van der Waals surface area contributed by atoms with E-state index in [1.165, 1.54) is 0 Å². The van der Waals surface area contributed by atoms with Gasteiger partial charge in [0.2, 0.25) is 11.8 Å². The molecule has 1 aliphatic heterocycles. The van der Waals surface area contributed by atoms with Gasteiger partial charge in [-0.25, -0.2) is 0 Å². The summed E-state index contributed by atoms with van der Waals surface area (Å²) in [5.74, 6) is -0.469. The van der Waals surface area contributed by atoms with Crippen molar-refractivity contribution in [1.82, 2.24) is 4.90 Å². The maximum absolute atomic E-state index is 11.3. The Balaban J connectivity index is 2.51. The molecule has 0 saturated carbocycles. The van der Waals surface area contributed by atoms with E-state index in [1.54, 1.807) is 11.8 Å². The fourth-order valence-corrected chi connectivity index (χ4v) is 1.27. The summed E-state index contributed by atoms with van der Waals surface area (Å²) in [5.41, 5.74) is 5.07. The second-order valence-corrected chi connectivity index (χ2v) is 2.96. The molecule has 5 heteroatoms. The van der Waals surface area contributed by atoms with Gasteiger partial charge in [0.1, 0.15) is 0 Å². The van der Waals surface area contributed by atoms with Gasteiger partial charge in [-0.3, -0.25) is 9.59 Å². The maximum atomic E-state index is 11.3. The third kappa shape index (κ3) is 2.42. The smallest absolute Gasteiger partial charge is 0.248 e. The first-order chi connectivity index (χ1) is 6.15. The lowest BCUT2D eigenvalue weighted by Gasteiger charge is -2.31. The third-order valence-electron chi connectivity index (χ3n) is 2.04. The van der Waals surface area contributed by atoms with Gasteiger partial charge in [0, 0.05) is 13.0 Å². The molecule has 0 radical (unpaired) electrons. The van der Waals surface area contributed by atoms with Crippen LogP contribution in [0.2, 0.25) is 0 Å². The van der Waals surface area contributed by atoms with Crippen LogP contribution in [0.4, 0.5) is 0 Å². The molecule has 0 aliphatic carbocycles. The topological polar surface area (TPSA) is 72.6 Å². The molecule has 13 heavy (non-hydrogen) atoms.